The molecule has 0 aromatic heterocycles. The first-order chi connectivity index (χ1) is 15.0. The third-order valence-electron chi connectivity index (χ3n) is 7.22. The third kappa shape index (κ3) is 8.68. The topological polar surface area (TPSA) is 55.8 Å². The first-order valence-electron chi connectivity index (χ1n) is 13.2. The maximum atomic E-state index is 12.8. The SMILES string of the molecule is CCCCC(CC)C(=O)OCCN1C(C)(C)CC(OC(=O)C(CC)CCCC)CC1(C)C. The van der Waals surface area contributed by atoms with Gasteiger partial charge in [-0.1, -0.05) is 53.4 Å². The van der Waals surface area contributed by atoms with Crippen molar-refractivity contribution >= 4 is 11.9 Å². The summed E-state index contributed by atoms with van der Waals surface area (Å²) in [7, 11) is 0. The molecule has 1 rings (SSSR count). The molecule has 32 heavy (non-hydrogen) atoms. The zero-order valence-electron chi connectivity index (χ0n) is 22.3. The lowest BCUT2D eigenvalue weighted by Crippen LogP contribution is -2.63. The Morgan fingerprint density at radius 3 is 1.75 bits per heavy atom. The summed E-state index contributed by atoms with van der Waals surface area (Å²) in [5.74, 6) is -0.0612. The minimum Gasteiger partial charge on any atom is -0.464 e. The van der Waals surface area contributed by atoms with Crippen LogP contribution in [0.1, 0.15) is 120 Å². The van der Waals surface area contributed by atoms with Gasteiger partial charge in [0.2, 0.25) is 0 Å². The first-order valence-corrected chi connectivity index (χ1v) is 13.2. The normalized spacial score (nSPS) is 20.5. The molecule has 1 aliphatic heterocycles. The maximum absolute atomic E-state index is 12.8. The third-order valence-corrected chi connectivity index (χ3v) is 7.22. The van der Waals surface area contributed by atoms with E-state index in [9.17, 15) is 9.59 Å². The number of rotatable bonds is 14. The van der Waals surface area contributed by atoms with E-state index in [1.807, 2.05) is 0 Å². The van der Waals surface area contributed by atoms with Gasteiger partial charge >= 0.3 is 11.9 Å². The van der Waals surface area contributed by atoms with Crippen LogP contribution in [-0.2, 0) is 19.1 Å². The number of hydrogen-bond acceptors (Lipinski definition) is 5. The second kappa shape index (κ2) is 13.6. The molecule has 1 aliphatic rings. The molecule has 0 bridgehead atoms. The van der Waals surface area contributed by atoms with Gasteiger partial charge in [-0.15, -0.1) is 0 Å². The number of nitrogens with zero attached hydrogens (tertiary/aromatic N) is 1. The highest BCUT2D eigenvalue weighted by atomic mass is 16.5. The van der Waals surface area contributed by atoms with Crippen molar-refractivity contribution in [1.29, 1.82) is 0 Å². The Morgan fingerprint density at radius 1 is 0.844 bits per heavy atom. The van der Waals surface area contributed by atoms with Gasteiger partial charge in [0.05, 0.1) is 11.8 Å². The number of carbonyl (C=O) groups is 2. The van der Waals surface area contributed by atoms with Crippen LogP contribution in [-0.4, -0.2) is 47.2 Å². The Hall–Kier alpha value is -1.10. The van der Waals surface area contributed by atoms with Crippen LogP contribution >= 0.6 is 0 Å². The van der Waals surface area contributed by atoms with Crippen LogP contribution in [0.15, 0.2) is 0 Å². The number of ether oxygens (including phenoxy) is 2. The highest BCUT2D eigenvalue weighted by Gasteiger charge is 2.46. The molecule has 0 radical (unpaired) electrons. The standard InChI is InChI=1S/C27H51NO4/c1-9-13-15-21(11-3)24(29)31-18-17-28-26(5,6)19-23(20-27(28,7)8)32-25(30)22(12-4)16-14-10-2/h21-23H,9-20H2,1-8H3. The van der Waals surface area contributed by atoms with Crippen molar-refractivity contribution in [1.82, 2.24) is 4.90 Å². The molecule has 2 unspecified atom stereocenters. The van der Waals surface area contributed by atoms with Gasteiger partial charge in [0.25, 0.3) is 0 Å². The van der Waals surface area contributed by atoms with Crippen LogP contribution in [0, 0.1) is 11.8 Å². The monoisotopic (exact) mass is 453 g/mol. The van der Waals surface area contributed by atoms with Crippen LogP contribution < -0.4 is 0 Å². The Bertz CT molecular complexity index is 554. The molecule has 1 fully saturated rings. The summed E-state index contributed by atoms with van der Waals surface area (Å²) >= 11 is 0. The lowest BCUT2D eigenvalue weighted by atomic mass is 9.78. The quantitative estimate of drug-likeness (QED) is 0.280. The van der Waals surface area contributed by atoms with Crippen molar-refractivity contribution in [2.75, 3.05) is 13.2 Å². The van der Waals surface area contributed by atoms with Gasteiger partial charge in [-0.3, -0.25) is 14.5 Å². The van der Waals surface area contributed by atoms with E-state index in [-0.39, 0.29) is 41.0 Å². The van der Waals surface area contributed by atoms with Gasteiger partial charge in [-0.05, 0) is 53.4 Å². The average molecular weight is 454 g/mol. The van der Waals surface area contributed by atoms with E-state index in [1.54, 1.807) is 0 Å². The van der Waals surface area contributed by atoms with Crippen molar-refractivity contribution in [2.24, 2.45) is 11.8 Å². The minimum atomic E-state index is -0.142. The lowest BCUT2D eigenvalue weighted by molar-refractivity contribution is -0.168. The molecule has 1 heterocycles. The molecule has 0 aliphatic carbocycles. The number of likely N-dealkylation sites (tertiary alicyclic amines) is 1. The molecule has 0 saturated carbocycles. The fourth-order valence-corrected chi connectivity index (χ4v) is 5.41. The average Bonchev–Trinajstić information content (AvgIpc) is 2.70. The second-order valence-electron chi connectivity index (χ2n) is 10.9. The van der Waals surface area contributed by atoms with Crippen molar-refractivity contribution in [3.05, 3.63) is 0 Å². The van der Waals surface area contributed by atoms with Crippen LogP contribution in [0.5, 0.6) is 0 Å². The van der Waals surface area contributed by atoms with E-state index in [4.69, 9.17) is 9.47 Å². The zero-order valence-corrected chi connectivity index (χ0v) is 22.3. The summed E-state index contributed by atoms with van der Waals surface area (Å²) in [5.41, 5.74) is -0.285. The van der Waals surface area contributed by atoms with Crippen molar-refractivity contribution in [2.45, 2.75) is 137 Å². The Balaban J connectivity index is 2.68. The van der Waals surface area contributed by atoms with Crippen LogP contribution in [0.4, 0.5) is 0 Å². The van der Waals surface area contributed by atoms with E-state index in [1.165, 1.54) is 0 Å². The zero-order chi connectivity index (χ0) is 24.4. The molecule has 2 atom stereocenters. The molecule has 5 nitrogen and oxygen atoms in total. The largest absolute Gasteiger partial charge is 0.464 e. The summed E-state index contributed by atoms with van der Waals surface area (Å²) in [5, 5.41) is 0. The lowest BCUT2D eigenvalue weighted by Gasteiger charge is -2.54. The highest BCUT2D eigenvalue weighted by Crippen LogP contribution is 2.39. The maximum Gasteiger partial charge on any atom is 0.309 e. The number of hydrogen-bond donors (Lipinski definition) is 0. The van der Waals surface area contributed by atoms with Gasteiger partial charge in [-0.25, -0.2) is 0 Å². The molecule has 0 N–H and O–H groups in total. The molecular weight excluding hydrogens is 402 g/mol. The number of carbonyl (C=O) groups excluding carboxylic acids is 2. The van der Waals surface area contributed by atoms with E-state index < -0.39 is 0 Å². The fraction of sp³-hybridized carbons (Fsp3) is 0.926. The predicted molar refractivity (Wildman–Crippen MR) is 132 cm³/mol. The van der Waals surface area contributed by atoms with E-state index >= 15 is 0 Å². The number of unbranched alkanes of at least 4 members (excludes halogenated alkanes) is 2. The Labute approximate surface area is 198 Å². The minimum absolute atomic E-state index is 0.0119. The predicted octanol–water partition coefficient (Wildman–Crippen LogP) is 6.53. The summed E-state index contributed by atoms with van der Waals surface area (Å²) in [6.07, 6.45) is 9.38. The summed E-state index contributed by atoms with van der Waals surface area (Å²) in [6, 6.07) is 0. The summed E-state index contributed by atoms with van der Waals surface area (Å²) < 4.78 is 11.7. The highest BCUT2D eigenvalue weighted by molar-refractivity contribution is 5.72. The van der Waals surface area contributed by atoms with Crippen molar-refractivity contribution < 1.29 is 19.1 Å². The van der Waals surface area contributed by atoms with Gasteiger partial charge < -0.3 is 9.47 Å². The van der Waals surface area contributed by atoms with Crippen LogP contribution in [0.25, 0.3) is 0 Å². The molecule has 0 aromatic rings. The van der Waals surface area contributed by atoms with E-state index in [2.05, 4.69) is 60.3 Å². The molecule has 1 saturated heterocycles. The molecule has 0 aromatic carbocycles. The first kappa shape index (κ1) is 28.9. The molecule has 5 heteroatoms. The molecule has 0 amide bonds. The van der Waals surface area contributed by atoms with Gasteiger partial charge in [0, 0.05) is 30.5 Å². The molecule has 188 valence electrons. The Morgan fingerprint density at radius 2 is 1.31 bits per heavy atom. The summed E-state index contributed by atoms with van der Waals surface area (Å²) in [6.45, 7) is 18.4. The Kier molecular flexibility index (Phi) is 12.3. The fourth-order valence-electron chi connectivity index (χ4n) is 5.41. The van der Waals surface area contributed by atoms with Gasteiger partial charge in [0.1, 0.15) is 12.7 Å². The second-order valence-corrected chi connectivity index (χ2v) is 10.9. The number of piperidine rings is 1. The van der Waals surface area contributed by atoms with Crippen molar-refractivity contribution in [3.63, 3.8) is 0 Å². The van der Waals surface area contributed by atoms with Gasteiger partial charge in [0.15, 0.2) is 0 Å². The van der Waals surface area contributed by atoms with Crippen LogP contribution in [0.2, 0.25) is 0 Å². The van der Waals surface area contributed by atoms with Crippen molar-refractivity contribution in [3.8, 4) is 0 Å². The van der Waals surface area contributed by atoms with E-state index in [0.29, 0.717) is 13.2 Å². The van der Waals surface area contributed by atoms with Crippen LogP contribution in [0.3, 0.4) is 0 Å². The van der Waals surface area contributed by atoms with E-state index in [0.717, 1.165) is 64.2 Å². The molecular formula is C27H51NO4. The smallest absolute Gasteiger partial charge is 0.309 e. The number of esters is 2. The summed E-state index contributed by atoms with van der Waals surface area (Å²) in [4.78, 5) is 27.7. The van der Waals surface area contributed by atoms with Gasteiger partial charge in [-0.2, -0.15) is 0 Å². The molecule has 0 spiro atoms.